The number of methoxy groups -OCH3 is 1. The Morgan fingerprint density at radius 1 is 1.32 bits per heavy atom. The maximum atomic E-state index is 12.0. The third kappa shape index (κ3) is 4.91. The highest BCUT2D eigenvalue weighted by molar-refractivity contribution is 5.76. The van der Waals surface area contributed by atoms with Crippen LogP contribution >= 0.6 is 0 Å². The van der Waals surface area contributed by atoms with E-state index in [0.29, 0.717) is 37.2 Å². The van der Waals surface area contributed by atoms with E-state index in [4.69, 9.17) is 9.47 Å². The summed E-state index contributed by atoms with van der Waals surface area (Å²) in [5, 5.41) is 2.93. The number of benzene rings is 1. The molecule has 1 heterocycles. The van der Waals surface area contributed by atoms with Crippen LogP contribution in [0.5, 0.6) is 11.5 Å². The fraction of sp³-hybridized carbons (Fsp3) is 0.588. The number of nitrogens with one attached hydrogen (secondary N) is 2. The molecule has 1 unspecified atom stereocenters. The predicted molar refractivity (Wildman–Crippen MR) is 85.5 cm³/mol. The Morgan fingerprint density at radius 2 is 2.09 bits per heavy atom. The minimum Gasteiger partial charge on any atom is -0.493 e. The number of piperidine rings is 1. The highest BCUT2D eigenvalue weighted by Crippen LogP contribution is 2.25. The minimum absolute atomic E-state index is 0.104. The first kappa shape index (κ1) is 16.6. The lowest BCUT2D eigenvalue weighted by atomic mass is 10.0. The second-order valence-electron chi connectivity index (χ2n) is 5.83. The van der Waals surface area contributed by atoms with Gasteiger partial charge in [-0.3, -0.25) is 4.79 Å². The molecule has 1 fully saturated rings. The molecular formula is C17H27N2O3+. The molecule has 1 saturated heterocycles. The van der Waals surface area contributed by atoms with Gasteiger partial charge in [0.1, 0.15) is 6.61 Å². The first-order valence-electron chi connectivity index (χ1n) is 8.08. The van der Waals surface area contributed by atoms with E-state index in [-0.39, 0.29) is 5.91 Å². The summed E-state index contributed by atoms with van der Waals surface area (Å²) in [5.74, 6) is 1.52. The summed E-state index contributed by atoms with van der Waals surface area (Å²) in [6.45, 7) is 4.85. The molecule has 0 aliphatic carbocycles. The fourth-order valence-corrected chi connectivity index (χ4v) is 2.87. The molecule has 122 valence electrons. The summed E-state index contributed by atoms with van der Waals surface area (Å²) in [5.41, 5.74) is 0. The molecule has 0 spiro atoms. The van der Waals surface area contributed by atoms with E-state index < -0.39 is 0 Å². The molecule has 0 bridgehead atoms. The molecule has 0 saturated carbocycles. The van der Waals surface area contributed by atoms with Gasteiger partial charge in [-0.2, -0.15) is 0 Å². The van der Waals surface area contributed by atoms with Crippen LogP contribution in [0.25, 0.3) is 0 Å². The number of ether oxygens (including phenoxy) is 2. The third-order valence-electron chi connectivity index (χ3n) is 4.22. The van der Waals surface area contributed by atoms with Crippen molar-refractivity contribution < 1.29 is 19.2 Å². The van der Waals surface area contributed by atoms with Crippen molar-refractivity contribution in [1.29, 1.82) is 0 Å². The summed E-state index contributed by atoms with van der Waals surface area (Å²) >= 11 is 0. The lowest BCUT2D eigenvalue weighted by Crippen LogP contribution is -3.17. The normalized spacial score (nSPS) is 21.2. The molecular weight excluding hydrogens is 280 g/mol. The van der Waals surface area contributed by atoms with E-state index in [1.54, 1.807) is 7.11 Å². The Bertz CT molecular complexity index is 479. The molecule has 0 radical (unpaired) electrons. The number of rotatable bonds is 7. The van der Waals surface area contributed by atoms with Crippen molar-refractivity contribution in [2.24, 2.45) is 0 Å². The van der Waals surface area contributed by atoms with Crippen LogP contribution in [0.15, 0.2) is 24.3 Å². The second kappa shape index (κ2) is 8.63. The topological polar surface area (TPSA) is 52.0 Å². The number of carbonyl (C=O) groups excluding carboxylic acids is 1. The fourth-order valence-electron chi connectivity index (χ4n) is 2.87. The molecule has 22 heavy (non-hydrogen) atoms. The van der Waals surface area contributed by atoms with Crippen LogP contribution in [-0.4, -0.2) is 45.3 Å². The zero-order chi connectivity index (χ0) is 15.8. The van der Waals surface area contributed by atoms with Crippen molar-refractivity contribution in [2.45, 2.75) is 32.2 Å². The number of quaternary nitrogens is 1. The molecule has 1 aliphatic heterocycles. The van der Waals surface area contributed by atoms with Gasteiger partial charge in [0, 0.05) is 0 Å². The van der Waals surface area contributed by atoms with Crippen LogP contribution in [0.3, 0.4) is 0 Å². The zero-order valence-corrected chi connectivity index (χ0v) is 13.6. The van der Waals surface area contributed by atoms with Gasteiger partial charge in [-0.15, -0.1) is 0 Å². The molecule has 1 aromatic carbocycles. The van der Waals surface area contributed by atoms with Crippen LogP contribution in [0.2, 0.25) is 0 Å². The molecule has 2 rings (SSSR count). The van der Waals surface area contributed by atoms with Crippen molar-refractivity contribution in [3.63, 3.8) is 0 Å². The SMILES string of the molecule is COc1ccccc1OCCNC(=O)C[NH+]1CCCC[C@H]1C. The maximum absolute atomic E-state index is 12.0. The van der Waals surface area contributed by atoms with Crippen LogP contribution in [0, 0.1) is 0 Å². The van der Waals surface area contributed by atoms with Gasteiger partial charge in [0.15, 0.2) is 18.0 Å². The number of likely N-dealkylation sites (tertiary alicyclic amines) is 1. The lowest BCUT2D eigenvalue weighted by molar-refractivity contribution is -0.921. The van der Waals surface area contributed by atoms with Crippen LogP contribution in [0.1, 0.15) is 26.2 Å². The number of carbonyl (C=O) groups is 1. The first-order chi connectivity index (χ1) is 10.7. The summed E-state index contributed by atoms with van der Waals surface area (Å²) < 4.78 is 10.9. The van der Waals surface area contributed by atoms with Gasteiger partial charge in [-0.25, -0.2) is 0 Å². The molecule has 5 nitrogen and oxygen atoms in total. The standard InChI is InChI=1S/C17H26N2O3/c1-14-7-5-6-11-19(14)13-17(20)18-10-12-22-16-9-4-3-8-15(16)21-2/h3-4,8-9,14H,5-7,10-13H2,1-2H3,(H,18,20)/p+1/t14-/m1/s1. The average molecular weight is 307 g/mol. The monoisotopic (exact) mass is 307 g/mol. The van der Waals surface area contributed by atoms with E-state index in [1.165, 1.54) is 24.2 Å². The Labute approximate surface area is 132 Å². The molecule has 5 heteroatoms. The van der Waals surface area contributed by atoms with E-state index in [1.807, 2.05) is 24.3 Å². The summed E-state index contributed by atoms with van der Waals surface area (Å²) in [6, 6.07) is 8.10. The Balaban J connectivity index is 1.66. The van der Waals surface area contributed by atoms with Gasteiger partial charge in [0.2, 0.25) is 0 Å². The third-order valence-corrected chi connectivity index (χ3v) is 4.22. The predicted octanol–water partition coefficient (Wildman–Crippen LogP) is 0.648. The summed E-state index contributed by atoms with van der Waals surface area (Å²) in [7, 11) is 1.62. The number of hydrogen-bond acceptors (Lipinski definition) is 3. The lowest BCUT2D eigenvalue weighted by Gasteiger charge is -2.29. The molecule has 1 aliphatic rings. The van der Waals surface area contributed by atoms with Crippen molar-refractivity contribution in [1.82, 2.24) is 5.32 Å². The Kier molecular flexibility index (Phi) is 6.52. The molecule has 2 N–H and O–H groups in total. The molecule has 2 atom stereocenters. The van der Waals surface area contributed by atoms with Gasteiger partial charge >= 0.3 is 0 Å². The van der Waals surface area contributed by atoms with Crippen LogP contribution in [-0.2, 0) is 4.79 Å². The maximum Gasteiger partial charge on any atom is 0.275 e. The van der Waals surface area contributed by atoms with Crippen molar-refractivity contribution in [3.8, 4) is 11.5 Å². The minimum atomic E-state index is 0.104. The van der Waals surface area contributed by atoms with Crippen molar-refractivity contribution >= 4 is 5.91 Å². The van der Waals surface area contributed by atoms with Gasteiger partial charge in [0.25, 0.3) is 5.91 Å². The highest BCUT2D eigenvalue weighted by atomic mass is 16.5. The van der Waals surface area contributed by atoms with E-state index in [2.05, 4.69) is 12.2 Å². The van der Waals surface area contributed by atoms with E-state index in [0.717, 1.165) is 6.54 Å². The average Bonchev–Trinajstić information content (AvgIpc) is 2.54. The number of para-hydroxylation sites is 2. The summed E-state index contributed by atoms with van der Waals surface area (Å²) in [4.78, 5) is 13.4. The van der Waals surface area contributed by atoms with Crippen molar-refractivity contribution in [2.75, 3.05) is 33.4 Å². The first-order valence-corrected chi connectivity index (χ1v) is 8.08. The highest BCUT2D eigenvalue weighted by Gasteiger charge is 2.23. The summed E-state index contributed by atoms with van der Waals surface area (Å²) in [6.07, 6.45) is 3.74. The smallest absolute Gasteiger partial charge is 0.275 e. The van der Waals surface area contributed by atoms with Gasteiger partial charge in [-0.05, 0) is 38.3 Å². The quantitative estimate of drug-likeness (QED) is 0.727. The largest absolute Gasteiger partial charge is 0.493 e. The van der Waals surface area contributed by atoms with Crippen LogP contribution < -0.4 is 19.7 Å². The van der Waals surface area contributed by atoms with E-state index in [9.17, 15) is 4.79 Å². The van der Waals surface area contributed by atoms with Gasteiger partial charge in [-0.1, -0.05) is 12.1 Å². The van der Waals surface area contributed by atoms with Crippen molar-refractivity contribution in [3.05, 3.63) is 24.3 Å². The Morgan fingerprint density at radius 3 is 2.82 bits per heavy atom. The van der Waals surface area contributed by atoms with Gasteiger partial charge in [0.05, 0.1) is 26.2 Å². The number of hydrogen-bond donors (Lipinski definition) is 2. The molecule has 1 aromatic rings. The van der Waals surface area contributed by atoms with E-state index >= 15 is 0 Å². The molecule has 0 aromatic heterocycles. The zero-order valence-electron chi connectivity index (χ0n) is 13.6. The van der Waals surface area contributed by atoms with Gasteiger partial charge < -0.3 is 19.7 Å². The second-order valence-corrected chi connectivity index (χ2v) is 5.83. The van der Waals surface area contributed by atoms with Crippen LogP contribution in [0.4, 0.5) is 0 Å². The molecule has 1 amide bonds. The Hall–Kier alpha value is -1.75. The number of amides is 1.